The molecular formula is C19H17N5O4. The summed E-state index contributed by atoms with van der Waals surface area (Å²) in [6.07, 6.45) is 1.58. The maximum absolute atomic E-state index is 11.4. The molecular weight excluding hydrogens is 362 g/mol. The van der Waals surface area contributed by atoms with Crippen LogP contribution in [-0.2, 0) is 11.2 Å². The van der Waals surface area contributed by atoms with Crippen LogP contribution in [0.4, 0.5) is 5.69 Å². The number of H-pyrrole nitrogens is 1. The van der Waals surface area contributed by atoms with Crippen LogP contribution in [0.2, 0.25) is 0 Å². The van der Waals surface area contributed by atoms with Crippen LogP contribution >= 0.6 is 0 Å². The second-order valence-electron chi connectivity index (χ2n) is 6.12. The van der Waals surface area contributed by atoms with Crippen LogP contribution in [0.5, 0.6) is 0 Å². The van der Waals surface area contributed by atoms with E-state index in [9.17, 15) is 14.9 Å². The number of carboxylic acid groups (broad SMARTS) is 1. The highest BCUT2D eigenvalue weighted by Crippen LogP contribution is 2.28. The number of hydrogen-bond acceptors (Lipinski definition) is 5. The van der Waals surface area contributed by atoms with Crippen LogP contribution < -0.4 is 5.73 Å². The minimum absolute atomic E-state index is 0.0236. The molecule has 9 heteroatoms. The number of amidine groups is 1. The minimum atomic E-state index is -1.01. The van der Waals surface area contributed by atoms with Crippen molar-refractivity contribution in [2.24, 2.45) is 5.73 Å². The number of benzene rings is 2. The van der Waals surface area contributed by atoms with E-state index in [4.69, 9.17) is 16.2 Å². The Balaban J connectivity index is 1.90. The Morgan fingerprint density at radius 2 is 1.89 bits per heavy atom. The van der Waals surface area contributed by atoms with Gasteiger partial charge in [-0.25, -0.2) is 4.98 Å². The fourth-order valence-electron chi connectivity index (χ4n) is 2.77. The Kier molecular flexibility index (Phi) is 5.16. The Morgan fingerprint density at radius 1 is 1.21 bits per heavy atom. The van der Waals surface area contributed by atoms with Gasteiger partial charge in [0.25, 0.3) is 5.69 Å². The highest BCUT2D eigenvalue weighted by Gasteiger charge is 2.17. The van der Waals surface area contributed by atoms with E-state index in [1.54, 1.807) is 42.6 Å². The Bertz CT molecular complexity index is 1060. The standard InChI is InChI=1S/C19H17N5O4/c20-18(21)13-4-1-11(2-5-13)15-10-22-19(23-15)14-6-3-12(7-8-17(25)26)16(9-14)24(27)28/h1-6,9-10H,7-8H2,(H3,20,21)(H,22,23)(H,25,26). The molecule has 0 saturated heterocycles. The fourth-order valence-corrected chi connectivity index (χ4v) is 2.77. The van der Waals surface area contributed by atoms with Gasteiger partial charge in [-0.15, -0.1) is 0 Å². The van der Waals surface area contributed by atoms with E-state index in [1.807, 2.05) is 0 Å². The molecule has 3 aromatic rings. The lowest BCUT2D eigenvalue weighted by Gasteiger charge is -2.04. The predicted molar refractivity (Wildman–Crippen MR) is 103 cm³/mol. The van der Waals surface area contributed by atoms with Gasteiger partial charge in [-0.2, -0.15) is 0 Å². The summed E-state index contributed by atoms with van der Waals surface area (Å²) >= 11 is 0. The second-order valence-corrected chi connectivity index (χ2v) is 6.12. The number of nitrogens with zero attached hydrogens (tertiary/aromatic N) is 2. The average molecular weight is 379 g/mol. The van der Waals surface area contributed by atoms with E-state index in [1.165, 1.54) is 6.07 Å². The molecule has 0 fully saturated rings. The molecule has 0 aliphatic carbocycles. The number of carboxylic acids is 1. The molecule has 0 spiro atoms. The van der Waals surface area contributed by atoms with Gasteiger partial charge in [0, 0.05) is 40.9 Å². The first-order valence-electron chi connectivity index (χ1n) is 8.35. The van der Waals surface area contributed by atoms with Crippen molar-refractivity contribution < 1.29 is 14.8 Å². The topological polar surface area (TPSA) is 159 Å². The Labute approximate surface area is 159 Å². The number of nitrogens with one attached hydrogen (secondary N) is 2. The molecule has 1 aromatic heterocycles. The summed E-state index contributed by atoms with van der Waals surface area (Å²) in [6, 6.07) is 11.6. The molecule has 5 N–H and O–H groups in total. The van der Waals surface area contributed by atoms with Gasteiger partial charge in [0.05, 0.1) is 10.6 Å². The molecule has 1 heterocycles. The van der Waals surface area contributed by atoms with E-state index >= 15 is 0 Å². The van der Waals surface area contributed by atoms with Crippen LogP contribution in [0.1, 0.15) is 17.5 Å². The number of hydrogen-bond donors (Lipinski definition) is 4. The van der Waals surface area contributed by atoms with Crippen molar-refractivity contribution in [2.45, 2.75) is 12.8 Å². The van der Waals surface area contributed by atoms with Crippen LogP contribution in [0, 0.1) is 15.5 Å². The van der Waals surface area contributed by atoms with Crippen LogP contribution in [0.15, 0.2) is 48.7 Å². The molecule has 0 unspecified atom stereocenters. The van der Waals surface area contributed by atoms with Crippen molar-refractivity contribution in [1.29, 1.82) is 5.41 Å². The summed E-state index contributed by atoms with van der Waals surface area (Å²) in [4.78, 5) is 29.0. The van der Waals surface area contributed by atoms with E-state index in [0.29, 0.717) is 28.2 Å². The molecule has 9 nitrogen and oxygen atoms in total. The number of aromatic nitrogens is 2. The van der Waals surface area contributed by atoms with Crippen molar-refractivity contribution in [3.8, 4) is 22.6 Å². The van der Waals surface area contributed by atoms with Gasteiger partial charge < -0.3 is 15.8 Å². The molecule has 0 bridgehead atoms. The molecule has 0 aliphatic heterocycles. The first kappa shape index (κ1) is 18.8. The number of nitrogen functional groups attached to an aromatic ring is 1. The van der Waals surface area contributed by atoms with E-state index in [2.05, 4.69) is 9.97 Å². The van der Waals surface area contributed by atoms with E-state index in [0.717, 1.165) is 5.56 Å². The first-order valence-corrected chi connectivity index (χ1v) is 8.35. The van der Waals surface area contributed by atoms with E-state index < -0.39 is 10.9 Å². The predicted octanol–water partition coefficient (Wildman–Crippen LogP) is 2.95. The van der Waals surface area contributed by atoms with Crippen molar-refractivity contribution in [1.82, 2.24) is 9.97 Å². The Hall–Kier alpha value is -4.01. The fraction of sp³-hybridized carbons (Fsp3) is 0.105. The molecule has 142 valence electrons. The third kappa shape index (κ3) is 4.04. The summed E-state index contributed by atoms with van der Waals surface area (Å²) in [7, 11) is 0. The number of nitro benzene ring substituents is 1. The number of aliphatic carboxylic acids is 1. The zero-order valence-corrected chi connectivity index (χ0v) is 14.7. The maximum Gasteiger partial charge on any atom is 0.303 e. The normalized spacial score (nSPS) is 10.6. The highest BCUT2D eigenvalue weighted by atomic mass is 16.6. The molecule has 2 aromatic carbocycles. The summed E-state index contributed by atoms with van der Waals surface area (Å²) in [5.74, 6) is -0.576. The third-order valence-electron chi connectivity index (χ3n) is 4.23. The minimum Gasteiger partial charge on any atom is -0.481 e. The van der Waals surface area contributed by atoms with Crippen molar-refractivity contribution in [3.05, 3.63) is 69.9 Å². The van der Waals surface area contributed by atoms with Crippen LogP contribution in [-0.4, -0.2) is 31.8 Å². The Morgan fingerprint density at radius 3 is 2.50 bits per heavy atom. The van der Waals surface area contributed by atoms with Crippen LogP contribution in [0.3, 0.4) is 0 Å². The summed E-state index contributed by atoms with van der Waals surface area (Å²) in [5, 5.41) is 27.6. The van der Waals surface area contributed by atoms with Gasteiger partial charge in [0.15, 0.2) is 0 Å². The SMILES string of the molecule is N=C(N)c1ccc(-c2c[nH]c(-c3ccc(CCC(=O)O)c([N+](=O)[O-])c3)n2)cc1. The third-order valence-corrected chi connectivity index (χ3v) is 4.23. The number of carbonyl (C=O) groups is 1. The number of aromatic amines is 1. The van der Waals surface area contributed by atoms with E-state index in [-0.39, 0.29) is 24.4 Å². The first-order chi connectivity index (χ1) is 13.3. The maximum atomic E-state index is 11.4. The molecule has 0 atom stereocenters. The van der Waals surface area contributed by atoms with Crippen molar-refractivity contribution >= 4 is 17.5 Å². The zero-order chi connectivity index (χ0) is 20.3. The average Bonchev–Trinajstić information content (AvgIpc) is 3.16. The van der Waals surface area contributed by atoms with Gasteiger partial charge >= 0.3 is 5.97 Å². The van der Waals surface area contributed by atoms with Gasteiger partial charge in [0.2, 0.25) is 0 Å². The molecule has 0 aliphatic rings. The largest absolute Gasteiger partial charge is 0.481 e. The number of nitro groups is 1. The molecule has 0 radical (unpaired) electrons. The highest BCUT2D eigenvalue weighted by molar-refractivity contribution is 5.95. The van der Waals surface area contributed by atoms with Crippen molar-refractivity contribution in [3.63, 3.8) is 0 Å². The summed E-state index contributed by atoms with van der Waals surface area (Å²) in [6.45, 7) is 0. The number of aryl methyl sites for hydroxylation is 1. The lowest BCUT2D eigenvalue weighted by atomic mass is 10.0. The lowest BCUT2D eigenvalue weighted by Crippen LogP contribution is -2.10. The van der Waals surface area contributed by atoms with Gasteiger partial charge in [-0.1, -0.05) is 36.4 Å². The molecule has 3 rings (SSSR count). The summed E-state index contributed by atoms with van der Waals surface area (Å²) in [5.41, 5.74) is 8.25. The molecule has 0 saturated carbocycles. The monoisotopic (exact) mass is 379 g/mol. The van der Waals surface area contributed by atoms with Crippen molar-refractivity contribution in [2.75, 3.05) is 0 Å². The summed E-state index contributed by atoms with van der Waals surface area (Å²) < 4.78 is 0. The lowest BCUT2D eigenvalue weighted by molar-refractivity contribution is -0.385. The molecule has 0 amide bonds. The number of rotatable bonds is 7. The van der Waals surface area contributed by atoms with Gasteiger partial charge in [-0.3, -0.25) is 20.3 Å². The zero-order valence-electron chi connectivity index (χ0n) is 14.7. The number of imidazole rings is 1. The number of nitrogens with two attached hydrogens (primary N) is 1. The second kappa shape index (κ2) is 7.70. The van der Waals surface area contributed by atoms with Gasteiger partial charge in [-0.05, 0) is 6.42 Å². The quantitative estimate of drug-likeness (QED) is 0.214. The van der Waals surface area contributed by atoms with Crippen LogP contribution in [0.25, 0.3) is 22.6 Å². The molecule has 28 heavy (non-hydrogen) atoms. The van der Waals surface area contributed by atoms with Gasteiger partial charge in [0.1, 0.15) is 11.7 Å². The smallest absolute Gasteiger partial charge is 0.303 e.